The first-order valence-corrected chi connectivity index (χ1v) is 9.04. The Hall–Kier alpha value is -1.92. The zero-order chi connectivity index (χ0) is 16.9. The van der Waals surface area contributed by atoms with Gasteiger partial charge in [-0.1, -0.05) is 23.7 Å². The van der Waals surface area contributed by atoms with Gasteiger partial charge in [0.1, 0.15) is 5.82 Å². The smallest absolute Gasteiger partial charge is 0.251 e. The summed E-state index contributed by atoms with van der Waals surface area (Å²) in [6.07, 6.45) is 0. The molecule has 1 N–H and O–H groups in total. The zero-order valence-electron chi connectivity index (χ0n) is 12.1. The van der Waals surface area contributed by atoms with Crippen LogP contribution in [0.1, 0.15) is 15.9 Å². The molecule has 0 heterocycles. The normalized spacial score (nSPS) is 11.2. The molecule has 0 aliphatic carbocycles. The minimum Gasteiger partial charge on any atom is -0.351 e. The van der Waals surface area contributed by atoms with Crippen molar-refractivity contribution in [2.45, 2.75) is 5.75 Å². The molecule has 0 aromatic heterocycles. The van der Waals surface area contributed by atoms with Crippen molar-refractivity contribution in [3.05, 3.63) is 70.5 Å². The molecule has 122 valence electrons. The monoisotopic (exact) mass is 355 g/mol. The third-order valence-electron chi connectivity index (χ3n) is 3.10. The number of rotatable bonds is 6. The van der Waals surface area contributed by atoms with Gasteiger partial charge in [-0.05, 0) is 42.0 Å². The molecule has 7 heteroatoms. The molecule has 0 saturated carbocycles. The summed E-state index contributed by atoms with van der Waals surface area (Å²) in [5.41, 5.74) is 0.917. The van der Waals surface area contributed by atoms with Gasteiger partial charge in [-0.2, -0.15) is 0 Å². The van der Waals surface area contributed by atoms with Crippen LogP contribution in [0.3, 0.4) is 0 Å². The maximum atomic E-state index is 12.8. The summed E-state index contributed by atoms with van der Waals surface area (Å²) >= 11 is 5.73. The van der Waals surface area contributed by atoms with Crippen LogP contribution in [0.15, 0.2) is 48.5 Å². The summed E-state index contributed by atoms with van der Waals surface area (Å²) in [6, 6.07) is 11.6. The van der Waals surface area contributed by atoms with Crippen molar-refractivity contribution in [2.75, 3.05) is 12.3 Å². The average Bonchev–Trinajstić information content (AvgIpc) is 2.50. The summed E-state index contributed by atoms with van der Waals surface area (Å²) in [7, 11) is -3.39. The quantitative estimate of drug-likeness (QED) is 0.866. The van der Waals surface area contributed by atoms with E-state index in [1.165, 1.54) is 24.3 Å². The predicted molar refractivity (Wildman–Crippen MR) is 87.7 cm³/mol. The van der Waals surface area contributed by atoms with Gasteiger partial charge in [0.15, 0.2) is 9.84 Å². The van der Waals surface area contributed by atoms with Gasteiger partial charge in [-0.25, -0.2) is 12.8 Å². The number of carbonyl (C=O) groups is 1. The van der Waals surface area contributed by atoms with Crippen LogP contribution < -0.4 is 5.32 Å². The molecule has 0 bridgehead atoms. The number of amides is 1. The van der Waals surface area contributed by atoms with Crippen LogP contribution in [0.25, 0.3) is 0 Å². The summed E-state index contributed by atoms with van der Waals surface area (Å²) in [5, 5.41) is 3.07. The molecule has 2 rings (SSSR count). The van der Waals surface area contributed by atoms with Crippen LogP contribution >= 0.6 is 11.6 Å². The Morgan fingerprint density at radius 2 is 1.65 bits per heavy atom. The van der Waals surface area contributed by atoms with Gasteiger partial charge in [-0.3, -0.25) is 4.79 Å². The summed E-state index contributed by atoms with van der Waals surface area (Å²) < 4.78 is 36.8. The SMILES string of the molecule is O=C(NCCS(=O)(=O)Cc1ccc(F)cc1)c1ccc(Cl)cc1. The molecular formula is C16H15ClFNO3S. The van der Waals surface area contributed by atoms with Gasteiger partial charge in [0.2, 0.25) is 0 Å². The van der Waals surface area contributed by atoms with Crippen LogP contribution in [-0.2, 0) is 15.6 Å². The highest BCUT2D eigenvalue weighted by Gasteiger charge is 2.13. The van der Waals surface area contributed by atoms with E-state index in [4.69, 9.17) is 11.6 Å². The van der Waals surface area contributed by atoms with Crippen LogP contribution in [-0.4, -0.2) is 26.6 Å². The number of benzene rings is 2. The van der Waals surface area contributed by atoms with Crippen LogP contribution in [0.2, 0.25) is 5.02 Å². The van der Waals surface area contributed by atoms with E-state index in [2.05, 4.69) is 5.32 Å². The molecule has 4 nitrogen and oxygen atoms in total. The van der Waals surface area contributed by atoms with Gasteiger partial charge in [0, 0.05) is 17.1 Å². The molecule has 1 amide bonds. The largest absolute Gasteiger partial charge is 0.351 e. The maximum Gasteiger partial charge on any atom is 0.251 e. The maximum absolute atomic E-state index is 12.8. The Morgan fingerprint density at radius 3 is 2.26 bits per heavy atom. The van der Waals surface area contributed by atoms with Crippen molar-refractivity contribution in [2.24, 2.45) is 0 Å². The molecule has 23 heavy (non-hydrogen) atoms. The van der Waals surface area contributed by atoms with E-state index in [0.29, 0.717) is 16.1 Å². The highest BCUT2D eigenvalue weighted by atomic mass is 35.5. The first-order chi connectivity index (χ1) is 10.9. The fourth-order valence-electron chi connectivity index (χ4n) is 1.93. The van der Waals surface area contributed by atoms with Gasteiger partial charge in [-0.15, -0.1) is 0 Å². The van der Waals surface area contributed by atoms with Crippen molar-refractivity contribution in [3.63, 3.8) is 0 Å². The van der Waals surface area contributed by atoms with Crippen molar-refractivity contribution in [3.8, 4) is 0 Å². The highest BCUT2D eigenvalue weighted by Crippen LogP contribution is 2.10. The third-order valence-corrected chi connectivity index (χ3v) is 4.96. The van der Waals surface area contributed by atoms with E-state index >= 15 is 0 Å². The van der Waals surface area contributed by atoms with Gasteiger partial charge >= 0.3 is 0 Å². The number of hydrogen-bond acceptors (Lipinski definition) is 3. The van der Waals surface area contributed by atoms with Crippen molar-refractivity contribution in [1.82, 2.24) is 5.32 Å². The average molecular weight is 356 g/mol. The molecular weight excluding hydrogens is 341 g/mol. The minimum atomic E-state index is -3.39. The van der Waals surface area contributed by atoms with E-state index in [-0.39, 0.29) is 24.0 Å². The minimum absolute atomic E-state index is 0.00495. The first-order valence-electron chi connectivity index (χ1n) is 6.84. The van der Waals surface area contributed by atoms with Crippen molar-refractivity contribution < 1.29 is 17.6 Å². The number of carbonyl (C=O) groups excluding carboxylic acids is 1. The molecule has 0 radical (unpaired) electrons. The fraction of sp³-hybridized carbons (Fsp3) is 0.188. The second-order valence-electron chi connectivity index (χ2n) is 4.98. The Balaban J connectivity index is 1.85. The lowest BCUT2D eigenvalue weighted by Crippen LogP contribution is -2.29. The number of halogens is 2. The van der Waals surface area contributed by atoms with Gasteiger partial charge in [0.05, 0.1) is 11.5 Å². The van der Waals surface area contributed by atoms with Gasteiger partial charge in [0.25, 0.3) is 5.91 Å². The summed E-state index contributed by atoms with van der Waals surface area (Å²) in [4.78, 5) is 11.8. The molecule has 0 aliphatic rings. The first kappa shape index (κ1) is 17.4. The Bertz CT molecular complexity index is 774. The molecule has 2 aromatic carbocycles. The van der Waals surface area contributed by atoms with E-state index < -0.39 is 15.7 Å². The third kappa shape index (κ3) is 5.65. The number of hydrogen-bond donors (Lipinski definition) is 1. The van der Waals surface area contributed by atoms with E-state index in [9.17, 15) is 17.6 Å². The van der Waals surface area contributed by atoms with Crippen LogP contribution in [0, 0.1) is 5.82 Å². The highest BCUT2D eigenvalue weighted by molar-refractivity contribution is 7.90. The fourth-order valence-corrected chi connectivity index (χ4v) is 3.31. The van der Waals surface area contributed by atoms with E-state index in [1.807, 2.05) is 0 Å². The van der Waals surface area contributed by atoms with E-state index in [1.54, 1.807) is 24.3 Å². The molecule has 0 unspecified atom stereocenters. The predicted octanol–water partition coefficient (Wildman–Crippen LogP) is 2.82. The van der Waals surface area contributed by atoms with E-state index in [0.717, 1.165) is 0 Å². The standard InChI is InChI=1S/C16H15ClFNO3S/c17-14-5-3-13(4-6-14)16(20)19-9-10-23(21,22)11-12-1-7-15(18)8-2-12/h1-8H,9-11H2,(H,19,20). The second-order valence-corrected chi connectivity index (χ2v) is 7.60. The summed E-state index contributed by atoms with van der Waals surface area (Å²) in [6.45, 7) is 0.00495. The van der Waals surface area contributed by atoms with Crippen molar-refractivity contribution >= 4 is 27.3 Å². The molecule has 2 aromatic rings. The van der Waals surface area contributed by atoms with Crippen LogP contribution in [0.4, 0.5) is 4.39 Å². The van der Waals surface area contributed by atoms with Gasteiger partial charge < -0.3 is 5.32 Å². The Labute approximate surface area is 139 Å². The number of nitrogens with one attached hydrogen (secondary N) is 1. The lowest BCUT2D eigenvalue weighted by molar-refractivity contribution is 0.0956. The Kier molecular flexibility index (Phi) is 5.74. The molecule has 0 saturated heterocycles. The Morgan fingerprint density at radius 1 is 1.04 bits per heavy atom. The molecule has 0 aliphatic heterocycles. The molecule has 0 spiro atoms. The lowest BCUT2D eigenvalue weighted by Gasteiger charge is -2.07. The molecule has 0 fully saturated rings. The summed E-state index contributed by atoms with van der Waals surface area (Å²) in [5.74, 6) is -1.16. The second kappa shape index (κ2) is 7.57. The molecule has 0 atom stereocenters. The van der Waals surface area contributed by atoms with Crippen molar-refractivity contribution in [1.29, 1.82) is 0 Å². The lowest BCUT2D eigenvalue weighted by atomic mass is 10.2. The topological polar surface area (TPSA) is 63.2 Å². The van der Waals surface area contributed by atoms with Crippen LogP contribution in [0.5, 0.6) is 0 Å². The number of sulfone groups is 1. The zero-order valence-corrected chi connectivity index (χ0v) is 13.7.